The van der Waals surface area contributed by atoms with Gasteiger partial charge in [-0.05, 0) is 35.1 Å². The smallest absolute Gasteiger partial charge is 0.240 e. The van der Waals surface area contributed by atoms with Gasteiger partial charge < -0.3 is 4.90 Å². The van der Waals surface area contributed by atoms with Crippen LogP contribution < -0.4 is 4.72 Å². The van der Waals surface area contributed by atoms with Crippen molar-refractivity contribution in [2.45, 2.75) is 50.5 Å². The lowest BCUT2D eigenvalue weighted by molar-refractivity contribution is -0.130. The Balaban J connectivity index is 1.47. The van der Waals surface area contributed by atoms with Crippen LogP contribution in [-0.2, 0) is 26.8 Å². The fraction of sp³-hybridized carbons (Fsp3) is 0.480. The highest BCUT2D eigenvalue weighted by atomic mass is 32.2. The Bertz CT molecular complexity index is 983. The third-order valence-corrected chi connectivity index (χ3v) is 7.33. The molecule has 0 radical (unpaired) electrons. The molecule has 3 rings (SSSR count). The van der Waals surface area contributed by atoms with E-state index in [9.17, 15) is 13.2 Å². The molecule has 6 nitrogen and oxygen atoms in total. The molecule has 2 aromatic carbocycles. The Morgan fingerprint density at radius 2 is 1.62 bits per heavy atom. The number of rotatable bonds is 7. The maximum absolute atomic E-state index is 12.7. The van der Waals surface area contributed by atoms with Gasteiger partial charge in [-0.1, -0.05) is 63.2 Å². The maximum atomic E-state index is 12.7. The minimum Gasteiger partial charge on any atom is -0.341 e. The van der Waals surface area contributed by atoms with Crippen LogP contribution in [0.4, 0.5) is 0 Å². The predicted molar refractivity (Wildman–Crippen MR) is 128 cm³/mol. The van der Waals surface area contributed by atoms with Crippen LogP contribution in [0, 0.1) is 0 Å². The van der Waals surface area contributed by atoms with Crippen LogP contribution in [0.2, 0.25) is 0 Å². The number of amides is 1. The quantitative estimate of drug-likeness (QED) is 0.692. The summed E-state index contributed by atoms with van der Waals surface area (Å²) in [6, 6.07) is 17.3. The zero-order chi connectivity index (χ0) is 23.2. The Hall–Kier alpha value is -2.22. The van der Waals surface area contributed by atoms with Crippen LogP contribution in [0.1, 0.15) is 44.7 Å². The summed E-state index contributed by atoms with van der Waals surface area (Å²) >= 11 is 0. The number of benzene rings is 2. The highest BCUT2D eigenvalue weighted by Crippen LogP contribution is 2.23. The van der Waals surface area contributed by atoms with Crippen molar-refractivity contribution in [1.82, 2.24) is 14.5 Å². The van der Waals surface area contributed by atoms with Crippen molar-refractivity contribution in [2.75, 3.05) is 32.7 Å². The molecule has 1 saturated heterocycles. The molecule has 1 N–H and O–H groups in total. The molecule has 0 aromatic heterocycles. The van der Waals surface area contributed by atoms with Crippen molar-refractivity contribution < 1.29 is 13.2 Å². The fourth-order valence-electron chi connectivity index (χ4n) is 3.89. The van der Waals surface area contributed by atoms with Gasteiger partial charge in [0.05, 0.1) is 4.90 Å². The van der Waals surface area contributed by atoms with Crippen molar-refractivity contribution in [3.8, 4) is 0 Å². The average Bonchev–Trinajstić information content (AvgIpc) is 2.99. The van der Waals surface area contributed by atoms with Crippen molar-refractivity contribution in [1.29, 1.82) is 0 Å². The second-order valence-electron chi connectivity index (χ2n) is 9.42. The molecular weight excluding hydrogens is 422 g/mol. The Kier molecular flexibility index (Phi) is 8.09. The molecule has 1 amide bonds. The van der Waals surface area contributed by atoms with E-state index in [1.54, 1.807) is 12.1 Å². The first-order valence-electron chi connectivity index (χ1n) is 11.3. The summed E-state index contributed by atoms with van der Waals surface area (Å²) in [5.41, 5.74) is 2.32. The number of hydrogen-bond donors (Lipinski definition) is 1. The van der Waals surface area contributed by atoms with Gasteiger partial charge in [-0.3, -0.25) is 9.69 Å². The minimum atomic E-state index is -3.63. The molecule has 174 valence electrons. The number of nitrogens with zero attached hydrogens (tertiary/aromatic N) is 2. The van der Waals surface area contributed by atoms with Crippen molar-refractivity contribution >= 4 is 15.9 Å². The van der Waals surface area contributed by atoms with Crippen LogP contribution in [0.25, 0.3) is 0 Å². The Labute approximate surface area is 192 Å². The molecule has 1 fully saturated rings. The molecule has 1 aliphatic heterocycles. The van der Waals surface area contributed by atoms with Gasteiger partial charge in [0.25, 0.3) is 0 Å². The van der Waals surface area contributed by atoms with E-state index in [0.29, 0.717) is 13.1 Å². The van der Waals surface area contributed by atoms with E-state index in [1.165, 1.54) is 5.56 Å². The molecule has 2 aromatic rings. The minimum absolute atomic E-state index is 0.00246. The van der Waals surface area contributed by atoms with Crippen molar-refractivity contribution in [3.63, 3.8) is 0 Å². The molecule has 1 heterocycles. The topological polar surface area (TPSA) is 69.7 Å². The average molecular weight is 458 g/mol. The van der Waals surface area contributed by atoms with E-state index in [2.05, 4.69) is 42.5 Å². The van der Waals surface area contributed by atoms with E-state index in [-0.39, 0.29) is 29.2 Å². The van der Waals surface area contributed by atoms with Gasteiger partial charge in [-0.25, -0.2) is 13.1 Å². The molecule has 7 heteroatoms. The number of sulfonamides is 1. The summed E-state index contributed by atoms with van der Waals surface area (Å²) in [5, 5.41) is 0. The van der Waals surface area contributed by atoms with Crippen LogP contribution in [0.15, 0.2) is 59.5 Å². The molecule has 0 unspecified atom stereocenters. The van der Waals surface area contributed by atoms with Crippen LogP contribution in [0.5, 0.6) is 0 Å². The van der Waals surface area contributed by atoms with E-state index in [0.717, 1.165) is 31.6 Å². The van der Waals surface area contributed by atoms with E-state index < -0.39 is 10.0 Å². The molecular formula is C25H35N3O3S. The van der Waals surface area contributed by atoms with Gasteiger partial charge in [0.1, 0.15) is 0 Å². The first kappa shape index (κ1) is 24.4. The summed E-state index contributed by atoms with van der Waals surface area (Å²) < 4.78 is 27.7. The molecule has 0 atom stereocenters. The monoisotopic (exact) mass is 457 g/mol. The summed E-state index contributed by atoms with van der Waals surface area (Å²) in [7, 11) is -3.63. The lowest BCUT2D eigenvalue weighted by Gasteiger charge is -2.22. The van der Waals surface area contributed by atoms with Crippen LogP contribution >= 0.6 is 0 Å². The Morgan fingerprint density at radius 1 is 0.938 bits per heavy atom. The summed E-state index contributed by atoms with van der Waals surface area (Å²) in [6.45, 7) is 10.4. The van der Waals surface area contributed by atoms with E-state index >= 15 is 0 Å². The second-order valence-corrected chi connectivity index (χ2v) is 11.2. The molecule has 0 bridgehead atoms. The molecule has 0 saturated carbocycles. The highest BCUT2D eigenvalue weighted by molar-refractivity contribution is 7.89. The van der Waals surface area contributed by atoms with E-state index in [4.69, 9.17) is 0 Å². The van der Waals surface area contributed by atoms with Gasteiger partial charge in [0.15, 0.2) is 0 Å². The van der Waals surface area contributed by atoms with Gasteiger partial charge in [-0.2, -0.15) is 0 Å². The number of carbonyl (C=O) groups is 1. The Morgan fingerprint density at radius 3 is 2.28 bits per heavy atom. The summed E-state index contributed by atoms with van der Waals surface area (Å²) in [5.74, 6) is -0.00246. The lowest BCUT2D eigenvalue weighted by Crippen LogP contribution is -2.37. The number of hydrogen-bond acceptors (Lipinski definition) is 4. The largest absolute Gasteiger partial charge is 0.341 e. The third kappa shape index (κ3) is 6.89. The van der Waals surface area contributed by atoms with Gasteiger partial charge in [-0.15, -0.1) is 0 Å². The van der Waals surface area contributed by atoms with Crippen LogP contribution in [-0.4, -0.2) is 56.8 Å². The zero-order valence-corrected chi connectivity index (χ0v) is 20.2. The van der Waals surface area contributed by atoms with Crippen LogP contribution in [0.3, 0.4) is 0 Å². The zero-order valence-electron chi connectivity index (χ0n) is 19.4. The van der Waals surface area contributed by atoms with Crippen molar-refractivity contribution in [3.05, 3.63) is 65.7 Å². The SMILES string of the molecule is CC(C)(C)c1ccc(S(=O)(=O)NCCC(=O)N2CCCN(Cc3ccccc3)CC2)cc1. The van der Waals surface area contributed by atoms with Gasteiger partial charge in [0.2, 0.25) is 15.9 Å². The standard InChI is InChI=1S/C25H35N3O3S/c1-25(2,3)22-10-12-23(13-11-22)32(30,31)26-15-14-24(29)28-17-7-16-27(18-19-28)20-21-8-5-4-6-9-21/h4-6,8-13,26H,7,14-20H2,1-3H3. The number of carbonyl (C=O) groups excluding carboxylic acids is 1. The fourth-order valence-corrected chi connectivity index (χ4v) is 4.92. The summed E-state index contributed by atoms with van der Waals surface area (Å²) in [6.07, 6.45) is 1.09. The highest BCUT2D eigenvalue weighted by Gasteiger charge is 2.21. The van der Waals surface area contributed by atoms with Crippen molar-refractivity contribution in [2.24, 2.45) is 0 Å². The summed E-state index contributed by atoms with van der Waals surface area (Å²) in [4.78, 5) is 17.1. The lowest BCUT2D eigenvalue weighted by atomic mass is 9.87. The second kappa shape index (κ2) is 10.6. The van der Waals surface area contributed by atoms with Gasteiger partial charge >= 0.3 is 0 Å². The first-order chi connectivity index (χ1) is 15.1. The molecule has 32 heavy (non-hydrogen) atoms. The normalized spacial score (nSPS) is 16.0. The third-order valence-electron chi connectivity index (χ3n) is 5.85. The van der Waals surface area contributed by atoms with Gasteiger partial charge in [0, 0.05) is 45.7 Å². The maximum Gasteiger partial charge on any atom is 0.240 e. The number of nitrogens with one attached hydrogen (secondary N) is 1. The first-order valence-corrected chi connectivity index (χ1v) is 12.8. The molecule has 1 aliphatic rings. The van der Waals surface area contributed by atoms with E-state index in [1.807, 2.05) is 35.2 Å². The molecule has 0 spiro atoms. The molecule has 0 aliphatic carbocycles. The predicted octanol–water partition coefficient (Wildman–Crippen LogP) is 3.39.